The van der Waals surface area contributed by atoms with E-state index in [4.69, 9.17) is 0 Å². The summed E-state index contributed by atoms with van der Waals surface area (Å²) in [6.45, 7) is 4.62. The Balaban J connectivity index is 2.23. The van der Waals surface area contributed by atoms with Crippen LogP contribution in [-0.4, -0.2) is 35.3 Å². The lowest BCUT2D eigenvalue weighted by Crippen LogP contribution is -2.32. The van der Waals surface area contributed by atoms with Crippen LogP contribution in [0.4, 0.5) is 0 Å². The van der Waals surface area contributed by atoms with E-state index in [1.165, 1.54) is 17.2 Å². The van der Waals surface area contributed by atoms with E-state index in [9.17, 15) is 14.4 Å². The van der Waals surface area contributed by atoms with Crippen LogP contribution in [0.3, 0.4) is 0 Å². The van der Waals surface area contributed by atoms with E-state index in [1.807, 2.05) is 31.2 Å². The molecule has 2 amide bonds. The van der Waals surface area contributed by atoms with Gasteiger partial charge in [0.25, 0.3) is 17.4 Å². The van der Waals surface area contributed by atoms with Gasteiger partial charge in [0.05, 0.1) is 5.56 Å². The number of benzene rings is 1. The number of aryl methyl sites for hydroxylation is 1. The summed E-state index contributed by atoms with van der Waals surface area (Å²) in [6, 6.07) is 9.14. The molecule has 0 radical (unpaired) electrons. The van der Waals surface area contributed by atoms with E-state index in [2.05, 4.69) is 10.3 Å². The summed E-state index contributed by atoms with van der Waals surface area (Å²) in [4.78, 5) is 40.3. The van der Waals surface area contributed by atoms with Gasteiger partial charge < -0.3 is 15.2 Å². The second kappa shape index (κ2) is 7.59. The second-order valence-electron chi connectivity index (χ2n) is 5.64. The fourth-order valence-corrected chi connectivity index (χ4v) is 2.40. The molecular formula is C18H21N3O3. The maximum absolute atomic E-state index is 12.6. The van der Waals surface area contributed by atoms with Crippen LogP contribution in [0.2, 0.25) is 0 Å². The summed E-state index contributed by atoms with van der Waals surface area (Å²) in [6.07, 6.45) is 1.31. The smallest absolute Gasteiger partial charge is 0.260 e. The number of carbonyl (C=O) groups is 2. The Labute approximate surface area is 140 Å². The number of pyridine rings is 1. The molecule has 2 aromatic rings. The molecule has 2 N–H and O–H groups in total. The minimum atomic E-state index is -0.510. The van der Waals surface area contributed by atoms with Crippen molar-refractivity contribution >= 4 is 11.8 Å². The lowest BCUT2D eigenvalue weighted by atomic mass is 10.1. The number of nitrogens with one attached hydrogen (secondary N) is 2. The number of nitrogens with zero attached hydrogens (tertiary/aromatic N) is 1. The first-order chi connectivity index (χ1) is 11.4. The molecule has 2 rings (SSSR count). The maximum Gasteiger partial charge on any atom is 0.260 e. The van der Waals surface area contributed by atoms with E-state index < -0.39 is 11.5 Å². The fraction of sp³-hybridized carbons (Fsp3) is 0.278. The third kappa shape index (κ3) is 4.10. The fourth-order valence-electron chi connectivity index (χ4n) is 2.40. The first-order valence-electron chi connectivity index (χ1n) is 7.74. The molecule has 0 spiro atoms. The van der Waals surface area contributed by atoms with E-state index in [0.717, 1.165) is 11.1 Å². The lowest BCUT2D eigenvalue weighted by Gasteiger charge is -2.17. The van der Waals surface area contributed by atoms with Crippen LogP contribution in [0.1, 0.15) is 38.8 Å². The third-order valence-corrected chi connectivity index (χ3v) is 3.58. The molecule has 0 saturated heterocycles. The Morgan fingerprint density at radius 3 is 2.67 bits per heavy atom. The molecule has 126 valence electrons. The van der Waals surface area contributed by atoms with Crippen LogP contribution in [0.5, 0.6) is 0 Å². The number of H-pyrrole nitrogens is 1. The van der Waals surface area contributed by atoms with E-state index in [0.29, 0.717) is 13.1 Å². The van der Waals surface area contributed by atoms with Crippen LogP contribution < -0.4 is 10.9 Å². The SMILES string of the molecule is CCNC(=O)c1c[nH]c(=O)c(C(=O)N(C)Cc2cccc(C)c2)c1. The molecule has 0 fully saturated rings. The Morgan fingerprint density at radius 2 is 2.00 bits per heavy atom. The van der Waals surface area contributed by atoms with Gasteiger partial charge in [-0.25, -0.2) is 0 Å². The quantitative estimate of drug-likeness (QED) is 0.877. The molecule has 0 saturated carbocycles. The molecular weight excluding hydrogens is 306 g/mol. The van der Waals surface area contributed by atoms with Crippen molar-refractivity contribution in [1.29, 1.82) is 0 Å². The lowest BCUT2D eigenvalue weighted by molar-refractivity contribution is 0.0783. The predicted molar refractivity (Wildman–Crippen MR) is 92.0 cm³/mol. The summed E-state index contributed by atoms with van der Waals surface area (Å²) in [5, 5.41) is 2.64. The number of hydrogen-bond donors (Lipinski definition) is 2. The van der Waals surface area contributed by atoms with E-state index in [-0.39, 0.29) is 17.0 Å². The van der Waals surface area contributed by atoms with Gasteiger partial charge in [0, 0.05) is 26.3 Å². The molecule has 1 aromatic heterocycles. The minimum absolute atomic E-state index is 0.0473. The van der Waals surface area contributed by atoms with E-state index >= 15 is 0 Å². The van der Waals surface area contributed by atoms with Gasteiger partial charge in [-0.15, -0.1) is 0 Å². The van der Waals surface area contributed by atoms with Gasteiger partial charge in [0.1, 0.15) is 5.56 Å². The van der Waals surface area contributed by atoms with Crippen molar-refractivity contribution < 1.29 is 9.59 Å². The zero-order valence-corrected chi connectivity index (χ0v) is 14.1. The molecule has 0 bridgehead atoms. The topological polar surface area (TPSA) is 82.3 Å². The standard InChI is InChI=1S/C18H21N3O3/c1-4-19-16(22)14-9-15(17(23)20-10-14)18(24)21(3)11-13-7-5-6-12(2)8-13/h5-10H,4,11H2,1-3H3,(H,19,22)(H,20,23). The molecule has 6 heteroatoms. The Kier molecular flexibility index (Phi) is 5.52. The molecule has 0 unspecified atom stereocenters. The molecule has 6 nitrogen and oxygen atoms in total. The zero-order valence-electron chi connectivity index (χ0n) is 14.1. The molecule has 1 heterocycles. The van der Waals surface area contributed by atoms with Crippen molar-refractivity contribution in [2.45, 2.75) is 20.4 Å². The van der Waals surface area contributed by atoms with Crippen molar-refractivity contribution in [3.63, 3.8) is 0 Å². The molecule has 0 aliphatic rings. The summed E-state index contributed by atoms with van der Waals surface area (Å²) >= 11 is 0. The molecule has 24 heavy (non-hydrogen) atoms. The Bertz CT molecular complexity index is 811. The Morgan fingerprint density at radius 1 is 1.25 bits per heavy atom. The van der Waals surface area contributed by atoms with Crippen molar-refractivity contribution in [3.8, 4) is 0 Å². The van der Waals surface area contributed by atoms with Gasteiger partial charge in [-0.3, -0.25) is 14.4 Å². The summed E-state index contributed by atoms with van der Waals surface area (Å²) in [5.41, 5.74) is 1.77. The van der Waals surface area contributed by atoms with Gasteiger partial charge >= 0.3 is 0 Å². The highest BCUT2D eigenvalue weighted by molar-refractivity contribution is 5.99. The number of aromatic nitrogens is 1. The summed E-state index contributed by atoms with van der Waals surface area (Å²) < 4.78 is 0. The average molecular weight is 327 g/mol. The highest BCUT2D eigenvalue weighted by Gasteiger charge is 2.18. The molecule has 0 aliphatic carbocycles. The summed E-state index contributed by atoms with van der Waals surface area (Å²) in [7, 11) is 1.63. The van der Waals surface area contributed by atoms with Crippen molar-refractivity contribution in [2.24, 2.45) is 0 Å². The monoisotopic (exact) mass is 327 g/mol. The largest absolute Gasteiger partial charge is 0.352 e. The summed E-state index contributed by atoms with van der Waals surface area (Å²) in [5.74, 6) is -0.756. The van der Waals surface area contributed by atoms with Gasteiger partial charge in [-0.05, 0) is 25.5 Å². The molecule has 1 aromatic carbocycles. The average Bonchev–Trinajstić information content (AvgIpc) is 2.54. The van der Waals surface area contributed by atoms with Crippen LogP contribution in [0, 0.1) is 6.92 Å². The van der Waals surface area contributed by atoms with Gasteiger partial charge in [0.15, 0.2) is 0 Å². The predicted octanol–water partition coefficient (Wildman–Crippen LogP) is 1.71. The van der Waals surface area contributed by atoms with Gasteiger partial charge in [-0.2, -0.15) is 0 Å². The van der Waals surface area contributed by atoms with Crippen LogP contribution in [-0.2, 0) is 6.54 Å². The van der Waals surface area contributed by atoms with E-state index in [1.54, 1.807) is 14.0 Å². The number of carbonyl (C=O) groups excluding carboxylic acids is 2. The highest BCUT2D eigenvalue weighted by atomic mass is 16.2. The minimum Gasteiger partial charge on any atom is -0.352 e. The number of rotatable bonds is 5. The first-order valence-corrected chi connectivity index (χ1v) is 7.74. The number of amides is 2. The first kappa shape index (κ1) is 17.5. The van der Waals surface area contributed by atoms with Gasteiger partial charge in [-0.1, -0.05) is 29.8 Å². The normalized spacial score (nSPS) is 10.3. The van der Waals surface area contributed by atoms with Crippen LogP contribution in [0.15, 0.2) is 41.3 Å². The second-order valence-corrected chi connectivity index (χ2v) is 5.64. The molecule has 0 aliphatic heterocycles. The zero-order chi connectivity index (χ0) is 17.7. The maximum atomic E-state index is 12.6. The number of hydrogen-bond acceptors (Lipinski definition) is 3. The molecule has 0 atom stereocenters. The highest BCUT2D eigenvalue weighted by Crippen LogP contribution is 2.09. The van der Waals surface area contributed by atoms with Crippen LogP contribution in [0.25, 0.3) is 0 Å². The van der Waals surface area contributed by atoms with Crippen molar-refractivity contribution in [2.75, 3.05) is 13.6 Å². The van der Waals surface area contributed by atoms with Gasteiger partial charge in [0.2, 0.25) is 0 Å². The van der Waals surface area contributed by atoms with Crippen LogP contribution >= 0.6 is 0 Å². The Hall–Kier alpha value is -2.89. The van der Waals surface area contributed by atoms with Crippen molar-refractivity contribution in [1.82, 2.24) is 15.2 Å². The third-order valence-electron chi connectivity index (χ3n) is 3.58. The van der Waals surface area contributed by atoms with Crippen molar-refractivity contribution in [3.05, 3.63) is 69.1 Å². The number of aromatic amines is 1.